The highest BCUT2D eigenvalue weighted by atomic mass is 16.3. The molecule has 3 atom stereocenters. The number of aliphatic hydroxyl groups is 1. The maximum absolute atomic E-state index is 13.2. The van der Waals surface area contributed by atoms with Crippen LogP contribution in [0, 0.1) is 5.92 Å². The van der Waals surface area contributed by atoms with Crippen molar-refractivity contribution in [1.29, 1.82) is 0 Å². The molecule has 8 heteroatoms. The summed E-state index contributed by atoms with van der Waals surface area (Å²) in [5.74, 6) is 0.490. The van der Waals surface area contributed by atoms with E-state index in [1.54, 1.807) is 12.4 Å². The summed E-state index contributed by atoms with van der Waals surface area (Å²) in [4.78, 5) is 30.1. The van der Waals surface area contributed by atoms with E-state index in [-0.39, 0.29) is 30.0 Å². The van der Waals surface area contributed by atoms with E-state index >= 15 is 0 Å². The molecule has 29 heavy (non-hydrogen) atoms. The molecule has 8 nitrogen and oxygen atoms in total. The van der Waals surface area contributed by atoms with Crippen LogP contribution in [0.1, 0.15) is 46.8 Å². The van der Waals surface area contributed by atoms with Crippen LogP contribution in [-0.4, -0.2) is 67.9 Å². The highest BCUT2D eigenvalue weighted by Crippen LogP contribution is 2.35. The predicted molar refractivity (Wildman–Crippen MR) is 107 cm³/mol. The monoisotopic (exact) mass is 397 g/mol. The number of aliphatic hydroxyl groups excluding tert-OH is 1. The molecule has 0 radical (unpaired) electrons. The number of amides is 1. The largest absolute Gasteiger partial charge is 0.395 e. The number of pyridine rings is 1. The zero-order valence-electron chi connectivity index (χ0n) is 16.5. The molecule has 1 amide bonds. The SMILES string of the molecule is O=C(c1cn[nH]c1)N1C[C@@H]2C[C@H](C1)c1ccc(CN3CCC[C@H]3CO)c(=O)n1C2. The molecule has 2 aromatic heterocycles. The number of aromatic amines is 1. The number of likely N-dealkylation sites (tertiary alicyclic amines) is 2. The molecule has 3 aliphatic rings. The van der Waals surface area contributed by atoms with Crippen LogP contribution in [-0.2, 0) is 13.1 Å². The fourth-order valence-electron chi connectivity index (χ4n) is 5.36. The van der Waals surface area contributed by atoms with E-state index < -0.39 is 0 Å². The average Bonchev–Trinajstić information content (AvgIpc) is 3.41. The molecule has 0 saturated carbocycles. The van der Waals surface area contributed by atoms with E-state index in [0.717, 1.165) is 37.1 Å². The van der Waals surface area contributed by atoms with Crippen LogP contribution >= 0.6 is 0 Å². The number of aromatic nitrogens is 3. The Morgan fingerprint density at radius 2 is 2.17 bits per heavy atom. The van der Waals surface area contributed by atoms with Gasteiger partial charge in [0.25, 0.3) is 11.5 Å². The van der Waals surface area contributed by atoms with E-state index in [4.69, 9.17) is 0 Å². The normalized spacial score (nSPS) is 26.5. The third-order valence-electron chi connectivity index (χ3n) is 6.80. The minimum absolute atomic E-state index is 0.00458. The van der Waals surface area contributed by atoms with Crippen molar-refractivity contribution >= 4 is 5.91 Å². The lowest BCUT2D eigenvalue weighted by molar-refractivity contribution is 0.0594. The zero-order chi connectivity index (χ0) is 20.0. The molecule has 0 spiro atoms. The molecule has 0 unspecified atom stereocenters. The summed E-state index contributed by atoms with van der Waals surface area (Å²) in [5, 5.41) is 16.1. The molecular weight excluding hydrogens is 370 g/mol. The van der Waals surface area contributed by atoms with Crippen molar-refractivity contribution < 1.29 is 9.90 Å². The number of carbonyl (C=O) groups is 1. The Morgan fingerprint density at radius 1 is 1.28 bits per heavy atom. The predicted octanol–water partition coefficient (Wildman–Crippen LogP) is 0.788. The van der Waals surface area contributed by atoms with Crippen molar-refractivity contribution in [2.75, 3.05) is 26.2 Å². The molecule has 5 heterocycles. The summed E-state index contributed by atoms with van der Waals surface area (Å²) in [6.07, 6.45) is 6.28. The van der Waals surface area contributed by atoms with Gasteiger partial charge in [-0.2, -0.15) is 5.10 Å². The van der Waals surface area contributed by atoms with E-state index in [0.29, 0.717) is 37.7 Å². The Kier molecular flexibility index (Phi) is 4.75. The molecule has 2 bridgehead atoms. The summed E-state index contributed by atoms with van der Waals surface area (Å²) >= 11 is 0. The Bertz CT molecular complexity index is 954. The smallest absolute Gasteiger partial charge is 0.257 e. The molecule has 5 rings (SSSR count). The highest BCUT2D eigenvalue weighted by Gasteiger charge is 2.37. The topological polar surface area (TPSA) is 94.5 Å². The van der Waals surface area contributed by atoms with E-state index in [2.05, 4.69) is 21.2 Å². The summed E-state index contributed by atoms with van der Waals surface area (Å²) in [7, 11) is 0. The third-order valence-corrected chi connectivity index (χ3v) is 6.80. The maximum Gasteiger partial charge on any atom is 0.257 e. The molecule has 0 aliphatic carbocycles. The first-order chi connectivity index (χ1) is 14.1. The van der Waals surface area contributed by atoms with Crippen LogP contribution < -0.4 is 5.56 Å². The van der Waals surface area contributed by atoms with Gasteiger partial charge in [0.2, 0.25) is 0 Å². The Balaban J connectivity index is 1.38. The second-order valence-electron chi connectivity index (χ2n) is 8.64. The summed E-state index contributed by atoms with van der Waals surface area (Å²) in [6, 6.07) is 4.20. The van der Waals surface area contributed by atoms with Gasteiger partial charge in [0.05, 0.1) is 18.4 Å². The number of nitrogens with zero attached hydrogens (tertiary/aromatic N) is 4. The number of rotatable bonds is 4. The quantitative estimate of drug-likeness (QED) is 0.795. The van der Waals surface area contributed by atoms with Gasteiger partial charge in [0.1, 0.15) is 0 Å². The van der Waals surface area contributed by atoms with Gasteiger partial charge in [0, 0.05) is 55.6 Å². The average molecular weight is 397 g/mol. The molecule has 0 aromatic carbocycles. The van der Waals surface area contributed by atoms with Gasteiger partial charge in [-0.1, -0.05) is 6.07 Å². The van der Waals surface area contributed by atoms with Crippen LogP contribution in [0.5, 0.6) is 0 Å². The zero-order valence-corrected chi connectivity index (χ0v) is 16.5. The van der Waals surface area contributed by atoms with E-state index in [1.807, 2.05) is 15.5 Å². The lowest BCUT2D eigenvalue weighted by Crippen LogP contribution is -2.49. The summed E-state index contributed by atoms with van der Waals surface area (Å²) in [5.41, 5.74) is 2.53. The van der Waals surface area contributed by atoms with Gasteiger partial charge in [0.15, 0.2) is 0 Å². The van der Waals surface area contributed by atoms with Crippen molar-refractivity contribution in [3.8, 4) is 0 Å². The summed E-state index contributed by atoms with van der Waals surface area (Å²) < 4.78 is 1.94. The summed E-state index contributed by atoms with van der Waals surface area (Å²) in [6.45, 7) is 3.66. The lowest BCUT2D eigenvalue weighted by Gasteiger charge is -2.42. The van der Waals surface area contributed by atoms with Gasteiger partial charge < -0.3 is 14.6 Å². The molecule has 154 valence electrons. The Labute approximate surface area is 169 Å². The first-order valence-electron chi connectivity index (χ1n) is 10.5. The van der Waals surface area contributed by atoms with Crippen LogP contribution in [0.2, 0.25) is 0 Å². The lowest BCUT2D eigenvalue weighted by atomic mass is 9.82. The second-order valence-corrected chi connectivity index (χ2v) is 8.64. The Hall–Kier alpha value is -2.45. The van der Waals surface area contributed by atoms with Gasteiger partial charge in [-0.05, 0) is 37.8 Å². The highest BCUT2D eigenvalue weighted by molar-refractivity contribution is 5.93. The number of hydrogen-bond acceptors (Lipinski definition) is 5. The molecule has 2 fully saturated rings. The molecule has 2 aromatic rings. The van der Waals surface area contributed by atoms with Crippen LogP contribution in [0.3, 0.4) is 0 Å². The first-order valence-corrected chi connectivity index (χ1v) is 10.5. The maximum atomic E-state index is 13.2. The van der Waals surface area contributed by atoms with Gasteiger partial charge in [-0.25, -0.2) is 0 Å². The number of nitrogens with one attached hydrogen (secondary N) is 1. The molecule has 2 saturated heterocycles. The van der Waals surface area contributed by atoms with Crippen molar-refractivity contribution in [3.63, 3.8) is 0 Å². The fourth-order valence-corrected chi connectivity index (χ4v) is 5.36. The molecular formula is C21H27N5O3. The van der Waals surface area contributed by atoms with Crippen LogP contribution in [0.15, 0.2) is 29.3 Å². The minimum Gasteiger partial charge on any atom is -0.395 e. The third kappa shape index (κ3) is 3.30. The van der Waals surface area contributed by atoms with Crippen molar-refractivity contribution in [3.05, 3.63) is 51.7 Å². The van der Waals surface area contributed by atoms with Crippen molar-refractivity contribution in [1.82, 2.24) is 24.6 Å². The Morgan fingerprint density at radius 3 is 2.97 bits per heavy atom. The van der Waals surface area contributed by atoms with Crippen LogP contribution in [0.25, 0.3) is 0 Å². The number of hydrogen-bond donors (Lipinski definition) is 2. The van der Waals surface area contributed by atoms with Gasteiger partial charge in [-0.15, -0.1) is 0 Å². The number of fused-ring (bicyclic) bond motifs is 4. The van der Waals surface area contributed by atoms with Gasteiger partial charge >= 0.3 is 0 Å². The van der Waals surface area contributed by atoms with E-state index in [1.165, 1.54) is 0 Å². The van der Waals surface area contributed by atoms with Crippen LogP contribution in [0.4, 0.5) is 0 Å². The molecule has 2 N–H and O–H groups in total. The first kappa shape index (κ1) is 18.6. The number of H-pyrrole nitrogens is 1. The number of carbonyl (C=O) groups excluding carboxylic acids is 1. The second kappa shape index (κ2) is 7.42. The number of piperidine rings is 1. The fraction of sp³-hybridized carbons (Fsp3) is 0.571. The van der Waals surface area contributed by atoms with Gasteiger partial charge in [-0.3, -0.25) is 19.6 Å². The molecule has 3 aliphatic heterocycles. The van der Waals surface area contributed by atoms with Crippen molar-refractivity contribution in [2.24, 2.45) is 5.92 Å². The minimum atomic E-state index is 0.00458. The van der Waals surface area contributed by atoms with E-state index in [9.17, 15) is 14.7 Å². The standard InChI is InChI=1S/C21H27N5O3/c27-13-18-2-1-5-24(18)11-15-3-4-19-16-6-14(10-26(19)21(15)29)9-25(12-16)20(28)17-7-22-23-8-17/h3-4,7-8,14,16,18,27H,1-2,5-6,9-13H2,(H,22,23)/t14-,16+,18-/m0/s1. The van der Waals surface area contributed by atoms with Crippen molar-refractivity contribution in [2.45, 2.75) is 44.3 Å².